The molecule has 0 radical (unpaired) electrons. The van der Waals surface area contributed by atoms with E-state index in [-0.39, 0.29) is 0 Å². The quantitative estimate of drug-likeness (QED) is 0.571. The Balaban J connectivity index is 3.64. The summed E-state index contributed by atoms with van der Waals surface area (Å²) in [6.07, 6.45) is 2.10. The average Bonchev–Trinajstić information content (AvgIpc) is 2.05. The summed E-state index contributed by atoms with van der Waals surface area (Å²) in [5.74, 6) is 0. The largest absolute Gasteiger partial charge is 0.333 e. The van der Waals surface area contributed by atoms with Gasteiger partial charge in [-0.05, 0) is 33.9 Å². The van der Waals surface area contributed by atoms with Gasteiger partial charge in [-0.15, -0.1) is 0 Å². The van der Waals surface area contributed by atoms with E-state index in [1.165, 1.54) is 6.42 Å². The molecule has 0 bridgehead atoms. The van der Waals surface area contributed by atoms with Gasteiger partial charge in [0.2, 0.25) is 0 Å². The summed E-state index contributed by atoms with van der Waals surface area (Å²) >= 11 is 0. The fourth-order valence-electron chi connectivity index (χ4n) is 1.06. The Labute approximate surface area is 83.3 Å². The maximum atomic E-state index is 5.50. The topological polar surface area (TPSA) is 21.7 Å². The predicted octanol–water partition coefficient (Wildman–Crippen LogP) is 2.67. The molecule has 0 heterocycles. The van der Waals surface area contributed by atoms with Gasteiger partial charge in [0.25, 0.3) is 0 Å². The summed E-state index contributed by atoms with van der Waals surface area (Å²) in [7, 11) is 1.42. The van der Waals surface area contributed by atoms with E-state index in [1.54, 1.807) is 0 Å². The van der Waals surface area contributed by atoms with E-state index in [2.05, 4.69) is 18.9 Å². The molecule has 0 saturated heterocycles. The van der Waals surface area contributed by atoms with E-state index in [9.17, 15) is 0 Å². The number of hydrogen-bond donors (Lipinski definition) is 0. The van der Waals surface area contributed by atoms with E-state index in [4.69, 9.17) is 9.05 Å². The molecule has 80 valence electrons. The van der Waals surface area contributed by atoms with Gasteiger partial charge >= 0.3 is 0 Å². The Morgan fingerprint density at radius 2 is 1.62 bits per heavy atom. The second-order valence-electron chi connectivity index (χ2n) is 2.89. The lowest BCUT2D eigenvalue weighted by atomic mass is 10.5. The van der Waals surface area contributed by atoms with Crippen molar-refractivity contribution in [2.24, 2.45) is 0 Å². The molecule has 0 aromatic rings. The summed E-state index contributed by atoms with van der Waals surface area (Å²) in [6, 6.07) is 0. The first-order chi connectivity index (χ1) is 6.24. The molecule has 0 fully saturated rings. The van der Waals surface area contributed by atoms with E-state index in [0.717, 1.165) is 26.0 Å². The Morgan fingerprint density at radius 1 is 1.08 bits per heavy atom. The third kappa shape index (κ3) is 7.39. The molecule has 0 aromatic carbocycles. The van der Waals surface area contributed by atoms with Crippen molar-refractivity contribution in [3.05, 3.63) is 0 Å². The normalized spacial score (nSPS) is 11.5. The first kappa shape index (κ1) is 13.3. The first-order valence-electron chi connectivity index (χ1n) is 4.96. The van der Waals surface area contributed by atoms with Gasteiger partial charge < -0.3 is 9.05 Å². The molecule has 0 spiro atoms. The summed E-state index contributed by atoms with van der Waals surface area (Å²) in [4.78, 5) is 2.26. The number of rotatable bonds is 8. The molecule has 0 aliphatic carbocycles. The van der Waals surface area contributed by atoms with Crippen LogP contribution in [0.2, 0.25) is 0 Å². The zero-order chi connectivity index (χ0) is 10.1. The maximum Gasteiger partial charge on any atom is 0.185 e. The third-order valence-corrected chi connectivity index (χ3v) is 3.31. The standard InChI is InChI=1S/C9H22NO2P/c1-5-8-10(4)9-13(11-6-2)12-7-3/h5-9H2,1-4H3. The molecule has 0 aliphatic heterocycles. The SMILES string of the molecule is CCCN(C)CP(OCC)OCC. The van der Waals surface area contributed by atoms with Crippen LogP contribution in [0.5, 0.6) is 0 Å². The summed E-state index contributed by atoms with van der Waals surface area (Å²) in [5, 5.41) is 0. The van der Waals surface area contributed by atoms with Crippen LogP contribution in [0.3, 0.4) is 0 Å². The third-order valence-electron chi connectivity index (χ3n) is 1.51. The van der Waals surface area contributed by atoms with Crippen LogP contribution in [0.4, 0.5) is 0 Å². The van der Waals surface area contributed by atoms with Crippen LogP contribution in [0, 0.1) is 0 Å². The van der Waals surface area contributed by atoms with Crippen molar-refractivity contribution in [1.29, 1.82) is 0 Å². The maximum absolute atomic E-state index is 5.50. The van der Waals surface area contributed by atoms with E-state index in [0.29, 0.717) is 0 Å². The van der Waals surface area contributed by atoms with Gasteiger partial charge in [0.15, 0.2) is 8.38 Å². The molecule has 0 amide bonds. The van der Waals surface area contributed by atoms with Crippen molar-refractivity contribution >= 4 is 8.38 Å². The first-order valence-corrected chi connectivity index (χ1v) is 6.32. The van der Waals surface area contributed by atoms with E-state index >= 15 is 0 Å². The fraction of sp³-hybridized carbons (Fsp3) is 1.00. The van der Waals surface area contributed by atoms with E-state index < -0.39 is 8.38 Å². The van der Waals surface area contributed by atoms with E-state index in [1.807, 2.05) is 13.8 Å². The molecule has 0 atom stereocenters. The van der Waals surface area contributed by atoms with Crippen LogP contribution in [0.15, 0.2) is 0 Å². The smallest absolute Gasteiger partial charge is 0.185 e. The molecule has 0 aromatic heterocycles. The summed E-state index contributed by atoms with van der Waals surface area (Å²) in [5.41, 5.74) is 0. The Hall–Kier alpha value is 0.310. The monoisotopic (exact) mass is 207 g/mol. The lowest BCUT2D eigenvalue weighted by Gasteiger charge is -2.22. The average molecular weight is 207 g/mol. The lowest BCUT2D eigenvalue weighted by molar-refractivity contribution is 0.250. The minimum Gasteiger partial charge on any atom is -0.333 e. The number of hydrogen-bond acceptors (Lipinski definition) is 3. The van der Waals surface area contributed by atoms with Gasteiger partial charge in [-0.3, -0.25) is 4.90 Å². The van der Waals surface area contributed by atoms with Gasteiger partial charge in [0, 0.05) is 0 Å². The highest BCUT2D eigenvalue weighted by Crippen LogP contribution is 2.38. The molecule has 0 saturated carbocycles. The highest BCUT2D eigenvalue weighted by molar-refractivity contribution is 7.47. The van der Waals surface area contributed by atoms with Crippen molar-refractivity contribution in [1.82, 2.24) is 4.90 Å². The van der Waals surface area contributed by atoms with Crippen molar-refractivity contribution < 1.29 is 9.05 Å². The predicted molar refractivity (Wildman–Crippen MR) is 58.0 cm³/mol. The van der Waals surface area contributed by atoms with Crippen LogP contribution in [0.25, 0.3) is 0 Å². The molecular formula is C9H22NO2P. The van der Waals surface area contributed by atoms with Crippen LogP contribution >= 0.6 is 8.38 Å². The zero-order valence-corrected chi connectivity index (χ0v) is 10.1. The molecule has 0 unspecified atom stereocenters. The molecule has 0 aliphatic rings. The molecule has 3 nitrogen and oxygen atoms in total. The highest BCUT2D eigenvalue weighted by atomic mass is 31.2. The Kier molecular flexibility index (Phi) is 9.10. The molecule has 4 heteroatoms. The van der Waals surface area contributed by atoms with Crippen LogP contribution in [0.1, 0.15) is 27.2 Å². The second-order valence-corrected chi connectivity index (χ2v) is 4.35. The van der Waals surface area contributed by atoms with Gasteiger partial charge in [-0.2, -0.15) is 0 Å². The minimum absolute atomic E-state index is 0.686. The molecule has 0 N–H and O–H groups in total. The van der Waals surface area contributed by atoms with Crippen LogP contribution < -0.4 is 0 Å². The molecular weight excluding hydrogens is 185 g/mol. The fourth-order valence-corrected chi connectivity index (χ4v) is 2.41. The highest BCUT2D eigenvalue weighted by Gasteiger charge is 2.11. The Bertz CT molecular complexity index is 108. The van der Waals surface area contributed by atoms with Gasteiger partial charge in [-0.25, -0.2) is 0 Å². The molecule has 13 heavy (non-hydrogen) atoms. The van der Waals surface area contributed by atoms with Crippen molar-refractivity contribution in [2.75, 3.05) is 33.1 Å². The number of nitrogens with zero attached hydrogens (tertiary/aromatic N) is 1. The Morgan fingerprint density at radius 3 is 2.00 bits per heavy atom. The summed E-state index contributed by atoms with van der Waals surface area (Å²) < 4.78 is 11.0. The van der Waals surface area contributed by atoms with Gasteiger partial charge in [0.1, 0.15) is 0 Å². The van der Waals surface area contributed by atoms with Gasteiger partial charge in [-0.1, -0.05) is 6.92 Å². The summed E-state index contributed by atoms with van der Waals surface area (Å²) in [6.45, 7) is 8.79. The van der Waals surface area contributed by atoms with Crippen LogP contribution in [-0.2, 0) is 9.05 Å². The zero-order valence-electron chi connectivity index (χ0n) is 9.25. The van der Waals surface area contributed by atoms with Crippen molar-refractivity contribution in [2.45, 2.75) is 27.2 Å². The van der Waals surface area contributed by atoms with Crippen molar-refractivity contribution in [3.63, 3.8) is 0 Å². The minimum atomic E-state index is -0.686. The van der Waals surface area contributed by atoms with Crippen molar-refractivity contribution in [3.8, 4) is 0 Å². The lowest BCUT2D eigenvalue weighted by Crippen LogP contribution is -2.20. The molecule has 0 rings (SSSR count). The van der Waals surface area contributed by atoms with Crippen LogP contribution in [-0.4, -0.2) is 38.0 Å². The second kappa shape index (κ2) is 8.89. The van der Waals surface area contributed by atoms with Gasteiger partial charge in [0.05, 0.1) is 19.5 Å².